The summed E-state index contributed by atoms with van der Waals surface area (Å²) < 4.78 is 0. The van der Waals surface area contributed by atoms with Gasteiger partial charge < -0.3 is 5.73 Å². The van der Waals surface area contributed by atoms with Crippen LogP contribution in [-0.4, -0.2) is 36.0 Å². The minimum Gasteiger partial charge on any atom is -0.329 e. The number of hydrogen-bond donors (Lipinski definition) is 1. The molecular weight excluding hydrogens is 236 g/mol. The lowest BCUT2D eigenvalue weighted by Crippen LogP contribution is -2.34. The highest BCUT2D eigenvalue weighted by Gasteiger charge is 2.21. The smallest absolute Gasteiger partial charge is 0.0564 e. The van der Waals surface area contributed by atoms with Gasteiger partial charge in [-0.15, -0.1) is 11.3 Å². The Morgan fingerprint density at radius 1 is 1.38 bits per heavy atom. The van der Waals surface area contributed by atoms with Crippen molar-refractivity contribution in [3.8, 4) is 0 Å². The average Bonchev–Trinajstić information content (AvgIpc) is 2.55. The second kappa shape index (κ2) is 6.05. The SMILES string of the molecule is Cc1ccc(C(CN)N2CCCSCC2)s1. The lowest BCUT2D eigenvalue weighted by Gasteiger charge is -2.28. The predicted molar refractivity (Wildman–Crippen MR) is 74.4 cm³/mol. The van der Waals surface area contributed by atoms with Crippen molar-refractivity contribution in [2.24, 2.45) is 5.73 Å². The van der Waals surface area contributed by atoms with Crippen molar-refractivity contribution < 1.29 is 0 Å². The molecule has 0 aromatic carbocycles. The molecule has 2 N–H and O–H groups in total. The molecule has 90 valence electrons. The van der Waals surface area contributed by atoms with Crippen LogP contribution in [0.2, 0.25) is 0 Å². The van der Waals surface area contributed by atoms with Gasteiger partial charge in [0.1, 0.15) is 0 Å². The Kier molecular flexibility index (Phi) is 4.70. The molecule has 2 nitrogen and oxygen atoms in total. The normalized spacial score (nSPS) is 20.6. The van der Waals surface area contributed by atoms with Crippen LogP contribution in [0.25, 0.3) is 0 Å². The van der Waals surface area contributed by atoms with Crippen molar-refractivity contribution >= 4 is 23.1 Å². The zero-order chi connectivity index (χ0) is 11.4. The molecule has 1 aliphatic rings. The van der Waals surface area contributed by atoms with Crippen LogP contribution in [0.1, 0.15) is 22.2 Å². The van der Waals surface area contributed by atoms with Gasteiger partial charge in [-0.3, -0.25) is 4.90 Å². The highest BCUT2D eigenvalue weighted by Crippen LogP contribution is 2.28. The Balaban J connectivity index is 2.08. The Morgan fingerprint density at radius 3 is 2.94 bits per heavy atom. The molecule has 0 radical (unpaired) electrons. The topological polar surface area (TPSA) is 29.3 Å². The number of nitrogens with two attached hydrogens (primary N) is 1. The van der Waals surface area contributed by atoms with Gasteiger partial charge in [0.15, 0.2) is 0 Å². The van der Waals surface area contributed by atoms with Crippen molar-refractivity contribution in [3.63, 3.8) is 0 Å². The largest absolute Gasteiger partial charge is 0.329 e. The van der Waals surface area contributed by atoms with E-state index in [9.17, 15) is 0 Å². The van der Waals surface area contributed by atoms with Crippen LogP contribution in [-0.2, 0) is 0 Å². The van der Waals surface area contributed by atoms with Crippen LogP contribution >= 0.6 is 23.1 Å². The lowest BCUT2D eigenvalue weighted by atomic mass is 10.2. The summed E-state index contributed by atoms with van der Waals surface area (Å²) in [6, 6.07) is 4.89. The van der Waals surface area contributed by atoms with Crippen LogP contribution in [0.3, 0.4) is 0 Å². The molecule has 1 atom stereocenters. The first-order valence-electron chi connectivity index (χ1n) is 5.89. The summed E-state index contributed by atoms with van der Waals surface area (Å²) in [5.41, 5.74) is 5.95. The molecule has 0 saturated carbocycles. The van der Waals surface area contributed by atoms with E-state index in [0.29, 0.717) is 6.04 Å². The van der Waals surface area contributed by atoms with Crippen molar-refractivity contribution in [1.82, 2.24) is 4.90 Å². The van der Waals surface area contributed by atoms with Gasteiger partial charge in [0.25, 0.3) is 0 Å². The third-order valence-electron chi connectivity index (χ3n) is 3.01. The highest BCUT2D eigenvalue weighted by molar-refractivity contribution is 7.99. The molecule has 16 heavy (non-hydrogen) atoms. The van der Waals surface area contributed by atoms with E-state index in [1.165, 1.54) is 40.8 Å². The molecule has 1 fully saturated rings. The van der Waals surface area contributed by atoms with E-state index < -0.39 is 0 Å². The van der Waals surface area contributed by atoms with E-state index in [1.807, 2.05) is 11.3 Å². The molecule has 0 spiro atoms. The molecule has 0 amide bonds. The Labute approximate surface area is 106 Å². The first-order valence-corrected chi connectivity index (χ1v) is 7.86. The third kappa shape index (κ3) is 3.00. The Hall–Kier alpha value is -0.0300. The summed E-state index contributed by atoms with van der Waals surface area (Å²) in [6.07, 6.45) is 1.30. The quantitative estimate of drug-likeness (QED) is 0.901. The van der Waals surface area contributed by atoms with Gasteiger partial charge in [-0.2, -0.15) is 11.8 Å². The fraction of sp³-hybridized carbons (Fsp3) is 0.667. The summed E-state index contributed by atoms with van der Waals surface area (Å²) in [5.74, 6) is 2.55. The number of nitrogens with zero attached hydrogens (tertiary/aromatic N) is 1. The maximum atomic E-state index is 5.95. The standard InChI is InChI=1S/C12H20N2S2/c1-10-3-4-12(16-10)11(9-13)14-5-2-7-15-8-6-14/h3-4,11H,2,5-9,13H2,1H3. The minimum absolute atomic E-state index is 0.442. The first kappa shape index (κ1) is 12.4. The number of rotatable bonds is 3. The highest BCUT2D eigenvalue weighted by atomic mass is 32.2. The average molecular weight is 256 g/mol. The molecule has 0 bridgehead atoms. The van der Waals surface area contributed by atoms with Crippen molar-refractivity contribution in [1.29, 1.82) is 0 Å². The van der Waals surface area contributed by atoms with Gasteiger partial charge in [0.2, 0.25) is 0 Å². The molecule has 1 aromatic heterocycles. The monoisotopic (exact) mass is 256 g/mol. The first-order chi connectivity index (χ1) is 7.81. The van der Waals surface area contributed by atoms with Gasteiger partial charge in [-0.05, 0) is 37.8 Å². The molecule has 1 unspecified atom stereocenters. The maximum absolute atomic E-state index is 5.95. The zero-order valence-corrected chi connectivity index (χ0v) is 11.4. The molecule has 1 aliphatic heterocycles. The molecule has 1 saturated heterocycles. The van der Waals surface area contributed by atoms with E-state index in [4.69, 9.17) is 5.73 Å². The maximum Gasteiger partial charge on any atom is 0.0564 e. The molecule has 1 aromatic rings. The Bertz CT molecular complexity index is 317. The fourth-order valence-corrected chi connectivity index (χ4v) is 4.08. The zero-order valence-electron chi connectivity index (χ0n) is 9.82. The molecule has 2 rings (SSSR count). The van der Waals surface area contributed by atoms with Crippen molar-refractivity contribution in [3.05, 3.63) is 21.9 Å². The van der Waals surface area contributed by atoms with Crippen molar-refractivity contribution in [2.75, 3.05) is 31.1 Å². The van der Waals surface area contributed by atoms with Crippen molar-refractivity contribution in [2.45, 2.75) is 19.4 Å². The van der Waals surface area contributed by atoms with Crippen LogP contribution < -0.4 is 5.73 Å². The van der Waals surface area contributed by atoms with Gasteiger partial charge in [0.05, 0.1) is 6.04 Å². The van der Waals surface area contributed by atoms with Crippen LogP contribution in [0, 0.1) is 6.92 Å². The Morgan fingerprint density at radius 2 is 2.25 bits per heavy atom. The number of thioether (sulfide) groups is 1. The predicted octanol–water partition coefficient (Wildman–Crippen LogP) is 2.50. The van der Waals surface area contributed by atoms with Gasteiger partial charge >= 0.3 is 0 Å². The van der Waals surface area contributed by atoms with Gasteiger partial charge in [-0.25, -0.2) is 0 Å². The second-order valence-electron chi connectivity index (χ2n) is 4.20. The third-order valence-corrected chi connectivity index (χ3v) is 5.16. The van der Waals surface area contributed by atoms with Gasteiger partial charge in [-0.1, -0.05) is 0 Å². The van der Waals surface area contributed by atoms with E-state index in [1.54, 1.807) is 0 Å². The van der Waals surface area contributed by atoms with Crippen LogP contribution in [0.15, 0.2) is 12.1 Å². The summed E-state index contributed by atoms with van der Waals surface area (Å²) in [4.78, 5) is 5.38. The van der Waals surface area contributed by atoms with E-state index in [-0.39, 0.29) is 0 Å². The van der Waals surface area contributed by atoms with E-state index in [2.05, 4.69) is 35.7 Å². The van der Waals surface area contributed by atoms with Gasteiger partial charge in [0, 0.05) is 28.6 Å². The minimum atomic E-state index is 0.442. The summed E-state index contributed by atoms with van der Waals surface area (Å²) in [6.45, 7) is 5.29. The molecule has 0 aliphatic carbocycles. The molecular formula is C12H20N2S2. The fourth-order valence-electron chi connectivity index (χ4n) is 2.15. The summed E-state index contributed by atoms with van der Waals surface area (Å²) >= 11 is 3.96. The summed E-state index contributed by atoms with van der Waals surface area (Å²) in [5, 5.41) is 0. The van der Waals surface area contributed by atoms with E-state index >= 15 is 0 Å². The molecule has 2 heterocycles. The number of thiophene rings is 1. The lowest BCUT2D eigenvalue weighted by molar-refractivity contribution is 0.221. The van der Waals surface area contributed by atoms with Crippen LogP contribution in [0.5, 0.6) is 0 Å². The second-order valence-corrected chi connectivity index (χ2v) is 6.75. The molecule has 4 heteroatoms. The van der Waals surface area contributed by atoms with E-state index in [0.717, 1.165) is 6.54 Å². The number of hydrogen-bond acceptors (Lipinski definition) is 4. The summed E-state index contributed by atoms with van der Waals surface area (Å²) in [7, 11) is 0. The number of aryl methyl sites for hydroxylation is 1. The van der Waals surface area contributed by atoms with Crippen LogP contribution in [0.4, 0.5) is 0 Å².